The zero-order valence-electron chi connectivity index (χ0n) is 24.1. The van der Waals surface area contributed by atoms with Gasteiger partial charge in [0.05, 0.1) is 14.1 Å². The van der Waals surface area contributed by atoms with Crippen molar-refractivity contribution in [2.75, 3.05) is 33.9 Å². The second-order valence-electron chi connectivity index (χ2n) is 12.5. The monoisotopic (exact) mass is 581 g/mol. The Labute approximate surface area is 240 Å². The second kappa shape index (κ2) is 13.4. The van der Waals surface area contributed by atoms with Gasteiger partial charge in [0.2, 0.25) is 0 Å². The van der Waals surface area contributed by atoms with Crippen LogP contribution in [-0.4, -0.2) is 44.1 Å². The van der Waals surface area contributed by atoms with Gasteiger partial charge >= 0.3 is 0 Å². The Bertz CT molecular complexity index is 1130. The van der Waals surface area contributed by atoms with Crippen molar-refractivity contribution in [2.24, 2.45) is 5.41 Å². The minimum absolute atomic E-state index is 0. The number of Topliss-reactive ketones (excluding diaryl/α,β-unsaturated/α-hetero) is 1. The van der Waals surface area contributed by atoms with Crippen LogP contribution in [-0.2, 0) is 12.0 Å². The predicted octanol–water partition coefficient (Wildman–Crippen LogP) is 4.32. The number of nitrogens with zero attached hydrogens (tertiary/aromatic N) is 1. The first kappa shape index (κ1) is 31.6. The molecule has 0 fully saturated rings. The van der Waals surface area contributed by atoms with E-state index in [2.05, 4.69) is 85.1 Å². The summed E-state index contributed by atoms with van der Waals surface area (Å²) in [7, 11) is 4.43. The molecule has 0 aliphatic heterocycles. The van der Waals surface area contributed by atoms with Crippen LogP contribution in [0.5, 0.6) is 11.5 Å². The quantitative estimate of drug-likeness (QED) is 0.236. The summed E-state index contributed by atoms with van der Waals surface area (Å²) in [5.74, 6) is 1.60. The van der Waals surface area contributed by atoms with Gasteiger partial charge < -0.3 is 30.9 Å². The van der Waals surface area contributed by atoms with E-state index >= 15 is 0 Å². The predicted molar refractivity (Wildman–Crippen MR) is 152 cm³/mol. The third kappa shape index (κ3) is 10.3. The van der Waals surface area contributed by atoms with E-state index in [1.807, 2.05) is 42.5 Å². The fourth-order valence-electron chi connectivity index (χ4n) is 4.96. The summed E-state index contributed by atoms with van der Waals surface area (Å²) in [5.41, 5.74) is 3.66. The number of carbonyl (C=O) groups is 1. The van der Waals surface area contributed by atoms with Crippen LogP contribution >= 0.6 is 0 Å². The molecule has 38 heavy (non-hydrogen) atoms. The van der Waals surface area contributed by atoms with Crippen LogP contribution in [0.2, 0.25) is 0 Å². The van der Waals surface area contributed by atoms with Crippen LogP contribution in [0.1, 0.15) is 62.5 Å². The molecule has 5 heteroatoms. The van der Waals surface area contributed by atoms with Crippen molar-refractivity contribution in [3.05, 3.63) is 95.6 Å². The molecule has 0 heterocycles. The average Bonchev–Trinajstić information content (AvgIpc) is 2.82. The van der Waals surface area contributed by atoms with Gasteiger partial charge in [-0.3, -0.25) is 4.79 Å². The van der Waals surface area contributed by atoms with E-state index in [0.717, 1.165) is 29.7 Å². The van der Waals surface area contributed by atoms with Gasteiger partial charge in [0, 0.05) is 11.1 Å². The minimum atomic E-state index is -0.0225. The molecule has 3 aromatic carbocycles. The van der Waals surface area contributed by atoms with E-state index in [4.69, 9.17) is 9.47 Å². The van der Waals surface area contributed by atoms with E-state index in [-0.39, 0.29) is 40.2 Å². The van der Waals surface area contributed by atoms with Gasteiger partial charge in [-0.25, -0.2) is 0 Å². The van der Waals surface area contributed by atoms with Gasteiger partial charge in [-0.2, -0.15) is 0 Å². The molecule has 0 N–H and O–H groups in total. The maximum atomic E-state index is 12.2. The lowest BCUT2D eigenvalue weighted by Crippen LogP contribution is -3.00. The summed E-state index contributed by atoms with van der Waals surface area (Å²) in [6.45, 7) is 14.0. The van der Waals surface area contributed by atoms with Crippen molar-refractivity contribution in [2.45, 2.75) is 53.0 Å². The fraction of sp³-hybridized carbons (Fsp3) is 0.424. The Morgan fingerprint density at radius 3 is 1.89 bits per heavy atom. The van der Waals surface area contributed by atoms with E-state index in [9.17, 15) is 4.79 Å². The highest BCUT2D eigenvalue weighted by Crippen LogP contribution is 2.36. The molecule has 0 amide bonds. The molecule has 0 saturated heterocycles. The number of hydrogen-bond acceptors (Lipinski definition) is 3. The van der Waals surface area contributed by atoms with Gasteiger partial charge in [0.1, 0.15) is 31.2 Å². The minimum Gasteiger partial charge on any atom is -1.00 e. The number of halogens is 1. The molecule has 0 spiro atoms. The van der Waals surface area contributed by atoms with Crippen molar-refractivity contribution < 1.29 is 35.7 Å². The van der Waals surface area contributed by atoms with Gasteiger partial charge in [-0.15, -0.1) is 0 Å². The number of benzene rings is 3. The summed E-state index contributed by atoms with van der Waals surface area (Å²) in [6.07, 6.45) is 1.13. The SMILES string of the molecule is CC(C)(C)CC(C)(C)c1ccc(OCC[N+](C)(C)Cc2ccc(OCC(=O)c3ccccc3)cc2)cc1.[Br-]. The Morgan fingerprint density at radius 1 is 0.763 bits per heavy atom. The molecule has 206 valence electrons. The highest BCUT2D eigenvalue weighted by atomic mass is 79.9. The van der Waals surface area contributed by atoms with Gasteiger partial charge in [0.15, 0.2) is 12.4 Å². The molecular weight excluding hydrogens is 538 g/mol. The molecule has 0 aliphatic rings. The number of hydrogen-bond donors (Lipinski definition) is 0. The van der Waals surface area contributed by atoms with E-state index in [1.165, 1.54) is 11.1 Å². The van der Waals surface area contributed by atoms with Crippen LogP contribution in [0.25, 0.3) is 0 Å². The number of likely N-dealkylation sites (N-methyl/N-ethyl adjacent to an activating group) is 1. The smallest absolute Gasteiger partial charge is 0.200 e. The largest absolute Gasteiger partial charge is 1.00 e. The number of rotatable bonds is 12. The molecule has 0 atom stereocenters. The summed E-state index contributed by atoms with van der Waals surface area (Å²) < 4.78 is 12.6. The standard InChI is InChI=1S/C33H44NO3.BrH/c1-32(2,3)25-33(4,5)28-15-19-29(20-16-28)36-22-21-34(6,7)23-26-13-17-30(18-14-26)37-24-31(35)27-11-9-8-10-12-27;/h8-20H,21-25H2,1-7H3;1H/q+1;/p-1. The molecule has 0 unspecified atom stereocenters. The Kier molecular flexibility index (Phi) is 11.2. The van der Waals surface area contributed by atoms with Crippen LogP contribution in [0, 0.1) is 5.41 Å². The maximum absolute atomic E-state index is 12.2. The van der Waals surface area contributed by atoms with Crippen LogP contribution in [0.3, 0.4) is 0 Å². The number of carbonyl (C=O) groups excluding carboxylic acids is 1. The van der Waals surface area contributed by atoms with Crippen molar-refractivity contribution in [1.29, 1.82) is 0 Å². The van der Waals surface area contributed by atoms with Gasteiger partial charge in [0.25, 0.3) is 0 Å². The van der Waals surface area contributed by atoms with Crippen LogP contribution < -0.4 is 26.5 Å². The summed E-state index contributed by atoms with van der Waals surface area (Å²) in [4.78, 5) is 12.2. The van der Waals surface area contributed by atoms with E-state index < -0.39 is 0 Å². The van der Waals surface area contributed by atoms with Gasteiger partial charge in [-0.1, -0.05) is 77.1 Å². The summed E-state index contributed by atoms with van der Waals surface area (Å²) in [6, 6.07) is 25.9. The maximum Gasteiger partial charge on any atom is 0.200 e. The van der Waals surface area contributed by atoms with Crippen LogP contribution in [0.15, 0.2) is 78.9 Å². The molecule has 0 saturated carbocycles. The lowest BCUT2D eigenvalue weighted by molar-refractivity contribution is -0.903. The molecule has 3 aromatic rings. The number of quaternary nitrogens is 1. The number of ether oxygens (including phenoxy) is 2. The van der Waals surface area contributed by atoms with E-state index in [0.29, 0.717) is 17.9 Å². The second-order valence-corrected chi connectivity index (χ2v) is 12.5. The van der Waals surface area contributed by atoms with Crippen molar-refractivity contribution >= 4 is 5.78 Å². The summed E-state index contributed by atoms with van der Waals surface area (Å²) in [5, 5.41) is 0. The van der Waals surface area contributed by atoms with Crippen molar-refractivity contribution in [1.82, 2.24) is 0 Å². The molecule has 0 bridgehead atoms. The molecule has 4 nitrogen and oxygen atoms in total. The third-order valence-electron chi connectivity index (χ3n) is 6.57. The van der Waals surface area contributed by atoms with Crippen molar-refractivity contribution in [3.8, 4) is 11.5 Å². The zero-order valence-corrected chi connectivity index (χ0v) is 25.7. The first-order valence-electron chi connectivity index (χ1n) is 13.2. The Balaban J connectivity index is 0.00000507. The third-order valence-corrected chi connectivity index (χ3v) is 6.57. The van der Waals surface area contributed by atoms with Crippen LogP contribution in [0.4, 0.5) is 0 Å². The first-order valence-corrected chi connectivity index (χ1v) is 13.2. The van der Waals surface area contributed by atoms with Crippen molar-refractivity contribution in [3.63, 3.8) is 0 Å². The lowest BCUT2D eigenvalue weighted by atomic mass is 9.72. The average molecular weight is 583 g/mol. The lowest BCUT2D eigenvalue weighted by Gasteiger charge is -2.33. The normalized spacial score (nSPS) is 12.0. The zero-order chi connectivity index (χ0) is 27.1. The molecule has 0 aromatic heterocycles. The number of ketones is 1. The topological polar surface area (TPSA) is 35.5 Å². The Morgan fingerprint density at radius 2 is 1.32 bits per heavy atom. The molecule has 0 radical (unpaired) electrons. The highest BCUT2D eigenvalue weighted by molar-refractivity contribution is 5.97. The molecule has 3 rings (SSSR count). The Hall–Kier alpha value is -2.63. The van der Waals surface area contributed by atoms with E-state index in [1.54, 1.807) is 0 Å². The molecular formula is C33H44BrNO3. The fourth-order valence-corrected chi connectivity index (χ4v) is 4.96. The van der Waals surface area contributed by atoms with Gasteiger partial charge in [-0.05, 0) is 59.2 Å². The summed E-state index contributed by atoms with van der Waals surface area (Å²) >= 11 is 0. The highest BCUT2D eigenvalue weighted by Gasteiger charge is 2.27. The molecule has 0 aliphatic carbocycles. The first-order chi connectivity index (χ1) is 17.3.